The van der Waals surface area contributed by atoms with Gasteiger partial charge >= 0.3 is 0 Å². The Labute approximate surface area is 204 Å². The molecule has 10 nitrogen and oxygen atoms in total. The first-order valence-corrected chi connectivity index (χ1v) is 11.6. The second-order valence-corrected chi connectivity index (χ2v) is 9.03. The largest absolute Gasteiger partial charge is 0.394 e. The second kappa shape index (κ2) is 10.3. The monoisotopic (exact) mass is 509 g/mol. The Bertz CT molecular complexity index is 1180. The number of nitrogens with zero attached hydrogens (tertiary/aromatic N) is 4. The predicted octanol–water partition coefficient (Wildman–Crippen LogP) is 1.35. The summed E-state index contributed by atoms with van der Waals surface area (Å²) < 4.78 is 59.3. The molecule has 13 heteroatoms. The Hall–Kier alpha value is -2.84. The van der Waals surface area contributed by atoms with E-state index < -0.39 is 54.5 Å². The third-order valence-electron chi connectivity index (χ3n) is 6.78. The van der Waals surface area contributed by atoms with Gasteiger partial charge in [-0.25, -0.2) is 17.9 Å². The molecule has 3 aromatic rings. The summed E-state index contributed by atoms with van der Waals surface area (Å²) in [7, 11) is 1.45. The number of hydrogen-bond acceptors (Lipinski definition) is 9. The van der Waals surface area contributed by atoms with E-state index in [2.05, 4.69) is 20.8 Å². The predicted molar refractivity (Wildman–Crippen MR) is 117 cm³/mol. The zero-order chi connectivity index (χ0) is 25.4. The molecular formula is C23H26F3N5O5. The molecule has 194 valence electrons. The van der Waals surface area contributed by atoms with E-state index in [-0.39, 0.29) is 23.6 Å². The normalized spacial score (nSPS) is 28.6. The molecule has 6 atom stereocenters. The molecule has 36 heavy (non-hydrogen) atoms. The molecule has 1 unspecified atom stereocenters. The van der Waals surface area contributed by atoms with Crippen LogP contribution < -0.4 is 5.32 Å². The molecule has 0 saturated carbocycles. The summed E-state index contributed by atoms with van der Waals surface area (Å²) in [5.74, 6) is -3.29. The van der Waals surface area contributed by atoms with Crippen LogP contribution in [0.25, 0.3) is 11.3 Å². The standard InChI is InChI=1S/C23H26F3N5O5/c1-34-23-18(7-13-6-17(36-29-13)11-2-3-27-8-11)35-19(10-32)22(33)21(23)31-9-16(28-30-31)12-4-14(24)20(26)15(25)5-12/h4-6,9,11,18-19,21-23,27,32-33H,2-3,7-8,10H2,1H3/t11?,18-,19-,21+,22+,23+/m1/s1. The van der Waals surface area contributed by atoms with Crippen molar-refractivity contribution in [2.24, 2.45) is 0 Å². The summed E-state index contributed by atoms with van der Waals surface area (Å²) >= 11 is 0. The van der Waals surface area contributed by atoms with Gasteiger partial charge in [-0.2, -0.15) is 0 Å². The molecule has 0 bridgehead atoms. The van der Waals surface area contributed by atoms with Gasteiger partial charge in [0.1, 0.15) is 35.8 Å². The zero-order valence-electron chi connectivity index (χ0n) is 19.4. The minimum absolute atomic E-state index is 0.0278. The number of ether oxygens (including phenoxy) is 2. The number of benzene rings is 1. The molecule has 0 aliphatic carbocycles. The maximum Gasteiger partial charge on any atom is 0.194 e. The number of aliphatic hydroxyl groups is 2. The van der Waals surface area contributed by atoms with E-state index in [0.29, 0.717) is 5.69 Å². The first-order chi connectivity index (χ1) is 17.4. The summed E-state index contributed by atoms with van der Waals surface area (Å²) in [6.45, 7) is 1.25. The highest BCUT2D eigenvalue weighted by Gasteiger charge is 2.47. The Balaban J connectivity index is 1.41. The highest BCUT2D eigenvalue weighted by Crippen LogP contribution is 2.34. The number of aromatic nitrogens is 4. The van der Waals surface area contributed by atoms with Crippen LogP contribution in [0.1, 0.15) is 29.8 Å². The number of methoxy groups -OCH3 is 1. The van der Waals surface area contributed by atoms with Crippen LogP contribution in [-0.4, -0.2) is 81.6 Å². The Morgan fingerprint density at radius 1 is 1.19 bits per heavy atom. The van der Waals surface area contributed by atoms with Gasteiger partial charge in [-0.3, -0.25) is 0 Å². The van der Waals surface area contributed by atoms with Crippen molar-refractivity contribution in [1.82, 2.24) is 25.5 Å². The van der Waals surface area contributed by atoms with E-state index >= 15 is 0 Å². The third kappa shape index (κ3) is 4.64. The summed E-state index contributed by atoms with van der Waals surface area (Å²) in [6.07, 6.45) is -1.02. The Morgan fingerprint density at radius 3 is 2.64 bits per heavy atom. The summed E-state index contributed by atoms with van der Waals surface area (Å²) in [5, 5.41) is 36.2. The molecule has 3 N–H and O–H groups in total. The molecule has 2 aliphatic heterocycles. The van der Waals surface area contributed by atoms with Crippen LogP contribution in [0.5, 0.6) is 0 Å². The molecular weight excluding hydrogens is 483 g/mol. The van der Waals surface area contributed by atoms with E-state index in [1.165, 1.54) is 18.0 Å². The lowest BCUT2D eigenvalue weighted by Crippen LogP contribution is -2.57. The third-order valence-corrected chi connectivity index (χ3v) is 6.78. The van der Waals surface area contributed by atoms with Crippen LogP contribution in [0.15, 0.2) is 28.9 Å². The fraction of sp³-hybridized carbons (Fsp3) is 0.522. The van der Waals surface area contributed by atoms with Crippen molar-refractivity contribution in [2.45, 2.75) is 49.2 Å². The van der Waals surface area contributed by atoms with Gasteiger partial charge in [0, 0.05) is 37.6 Å². The lowest BCUT2D eigenvalue weighted by molar-refractivity contribution is -0.212. The number of aliphatic hydroxyl groups excluding tert-OH is 2. The lowest BCUT2D eigenvalue weighted by Gasteiger charge is -2.43. The first kappa shape index (κ1) is 24.8. The summed E-state index contributed by atoms with van der Waals surface area (Å²) in [6, 6.07) is 2.62. The lowest BCUT2D eigenvalue weighted by atomic mass is 9.90. The Morgan fingerprint density at radius 2 is 1.97 bits per heavy atom. The fourth-order valence-corrected chi connectivity index (χ4v) is 4.91. The van der Waals surface area contributed by atoms with Crippen molar-refractivity contribution >= 4 is 0 Å². The van der Waals surface area contributed by atoms with E-state index in [4.69, 9.17) is 14.0 Å². The first-order valence-electron chi connectivity index (χ1n) is 11.6. The maximum atomic E-state index is 13.7. The number of halogens is 3. The summed E-state index contributed by atoms with van der Waals surface area (Å²) in [5.41, 5.74) is 0.664. The highest BCUT2D eigenvalue weighted by molar-refractivity contribution is 5.57. The van der Waals surface area contributed by atoms with E-state index in [9.17, 15) is 23.4 Å². The van der Waals surface area contributed by atoms with Crippen molar-refractivity contribution in [3.63, 3.8) is 0 Å². The molecule has 2 aromatic heterocycles. The SMILES string of the molecule is CO[C@@H]1[C@@H](n2cc(-c3cc(F)c(F)c(F)c3)nn2)[C@@H](O)[C@@H](CO)O[C@@H]1Cc1cc(C2CCNC2)on1. The number of hydrogen-bond donors (Lipinski definition) is 3. The van der Waals surface area contributed by atoms with Crippen LogP contribution in [-0.2, 0) is 15.9 Å². The molecule has 0 amide bonds. The van der Waals surface area contributed by atoms with Crippen LogP contribution in [0.4, 0.5) is 13.2 Å². The molecule has 2 aliphatic rings. The minimum Gasteiger partial charge on any atom is -0.394 e. The molecule has 0 spiro atoms. The number of nitrogens with one attached hydrogen (secondary N) is 1. The fourth-order valence-electron chi connectivity index (χ4n) is 4.91. The quantitative estimate of drug-likeness (QED) is 0.405. The van der Waals surface area contributed by atoms with Crippen LogP contribution >= 0.6 is 0 Å². The average Bonchev–Trinajstić information content (AvgIpc) is 3.64. The van der Waals surface area contributed by atoms with E-state index in [1.807, 2.05) is 6.07 Å². The summed E-state index contributed by atoms with van der Waals surface area (Å²) in [4.78, 5) is 0. The van der Waals surface area contributed by atoms with Gasteiger partial charge in [-0.15, -0.1) is 5.10 Å². The van der Waals surface area contributed by atoms with Gasteiger partial charge in [-0.1, -0.05) is 10.4 Å². The molecule has 2 fully saturated rings. The minimum atomic E-state index is -1.58. The smallest absolute Gasteiger partial charge is 0.194 e. The topological polar surface area (TPSA) is 128 Å². The van der Waals surface area contributed by atoms with Crippen molar-refractivity contribution in [2.75, 3.05) is 26.8 Å². The molecule has 1 aromatic carbocycles. The number of rotatable bonds is 7. The molecule has 0 radical (unpaired) electrons. The van der Waals surface area contributed by atoms with E-state index in [1.54, 1.807) is 0 Å². The molecule has 5 rings (SSSR count). The van der Waals surface area contributed by atoms with Gasteiger partial charge in [0.15, 0.2) is 17.5 Å². The maximum absolute atomic E-state index is 13.7. The Kier molecular flexibility index (Phi) is 7.08. The van der Waals surface area contributed by atoms with Crippen LogP contribution in [0.3, 0.4) is 0 Å². The van der Waals surface area contributed by atoms with Crippen molar-refractivity contribution in [1.29, 1.82) is 0 Å². The van der Waals surface area contributed by atoms with Crippen molar-refractivity contribution in [3.05, 3.63) is 53.3 Å². The van der Waals surface area contributed by atoms with Gasteiger partial charge in [0.2, 0.25) is 0 Å². The van der Waals surface area contributed by atoms with Crippen molar-refractivity contribution < 1.29 is 37.4 Å². The molecule has 2 saturated heterocycles. The van der Waals surface area contributed by atoms with Crippen LogP contribution in [0, 0.1) is 17.5 Å². The average molecular weight is 509 g/mol. The van der Waals surface area contributed by atoms with Gasteiger partial charge < -0.3 is 29.5 Å². The van der Waals surface area contributed by atoms with Crippen molar-refractivity contribution in [3.8, 4) is 11.3 Å². The highest BCUT2D eigenvalue weighted by atomic mass is 19.2. The molecule has 4 heterocycles. The van der Waals surface area contributed by atoms with Crippen LogP contribution in [0.2, 0.25) is 0 Å². The second-order valence-electron chi connectivity index (χ2n) is 9.03. The van der Waals surface area contributed by atoms with Gasteiger partial charge in [-0.05, 0) is 25.1 Å². The van der Waals surface area contributed by atoms with Gasteiger partial charge in [0.25, 0.3) is 0 Å². The van der Waals surface area contributed by atoms with E-state index in [0.717, 1.165) is 37.4 Å². The van der Waals surface area contributed by atoms with Gasteiger partial charge in [0.05, 0.1) is 24.6 Å². The zero-order valence-corrected chi connectivity index (χ0v) is 19.4.